The van der Waals surface area contributed by atoms with E-state index in [2.05, 4.69) is 25.5 Å². The van der Waals surface area contributed by atoms with Gasteiger partial charge in [0.2, 0.25) is 0 Å². The Kier molecular flexibility index (Phi) is 6.13. The third kappa shape index (κ3) is 4.31. The molecule has 2 N–H and O–H groups in total. The lowest BCUT2D eigenvalue weighted by Gasteiger charge is -2.36. The minimum absolute atomic E-state index is 0.489. The van der Waals surface area contributed by atoms with Crippen molar-refractivity contribution in [1.29, 1.82) is 0 Å². The van der Waals surface area contributed by atoms with Crippen molar-refractivity contribution in [3.63, 3.8) is 0 Å². The van der Waals surface area contributed by atoms with Gasteiger partial charge in [-0.25, -0.2) is 0 Å². The van der Waals surface area contributed by atoms with E-state index in [1.807, 2.05) is 30.5 Å². The number of pyridine rings is 1. The molecule has 1 atom stereocenters. The summed E-state index contributed by atoms with van der Waals surface area (Å²) >= 11 is 12.4. The first-order valence-corrected chi connectivity index (χ1v) is 10.2. The molecule has 0 saturated carbocycles. The van der Waals surface area contributed by atoms with Gasteiger partial charge in [-0.05, 0) is 43.8 Å². The van der Waals surface area contributed by atoms with Crippen molar-refractivity contribution in [3.05, 3.63) is 52.3 Å². The van der Waals surface area contributed by atoms with Crippen LogP contribution < -0.4 is 10.6 Å². The third-order valence-electron chi connectivity index (χ3n) is 5.00. The highest BCUT2D eigenvalue weighted by molar-refractivity contribution is 6.42. The maximum absolute atomic E-state index is 6.22. The molecule has 3 heterocycles. The minimum atomic E-state index is -0.698. The number of hydrogen-bond donors (Lipinski definition) is 2. The Morgan fingerprint density at radius 3 is 2.79 bits per heavy atom. The summed E-state index contributed by atoms with van der Waals surface area (Å²) < 4.78 is 5.41. The summed E-state index contributed by atoms with van der Waals surface area (Å²) in [6, 6.07) is 9.43. The van der Waals surface area contributed by atoms with Gasteiger partial charge < -0.3 is 10.1 Å². The lowest BCUT2D eigenvalue weighted by molar-refractivity contribution is 0.0373. The fraction of sp³-hybridized carbons (Fsp3) is 0.400. The van der Waals surface area contributed by atoms with Crippen LogP contribution in [0.25, 0.3) is 0 Å². The molecule has 0 amide bonds. The average Bonchev–Trinajstić information content (AvgIpc) is 2.74. The molecular formula is C20H23Cl2N5O. The molecule has 8 heteroatoms. The molecule has 0 spiro atoms. The number of halogens is 2. The lowest BCUT2D eigenvalue weighted by atomic mass is 10.0. The number of benzene rings is 1. The highest BCUT2D eigenvalue weighted by Crippen LogP contribution is 2.39. The number of fused-ring (bicyclic) bond motifs is 1. The van der Waals surface area contributed by atoms with Gasteiger partial charge in [0, 0.05) is 19.3 Å². The van der Waals surface area contributed by atoms with Crippen molar-refractivity contribution in [1.82, 2.24) is 15.2 Å². The quantitative estimate of drug-likeness (QED) is 0.699. The van der Waals surface area contributed by atoms with Crippen LogP contribution in [0.5, 0.6) is 0 Å². The van der Waals surface area contributed by atoms with Crippen LogP contribution in [0.4, 0.5) is 11.4 Å². The molecule has 1 saturated heterocycles. The fourth-order valence-corrected chi connectivity index (χ4v) is 3.80. The molecular weight excluding hydrogens is 397 g/mol. The second-order valence-corrected chi connectivity index (χ2v) is 7.74. The number of aromatic nitrogens is 1. The van der Waals surface area contributed by atoms with E-state index >= 15 is 0 Å². The zero-order valence-corrected chi connectivity index (χ0v) is 17.0. The first kappa shape index (κ1) is 19.6. The average molecular weight is 420 g/mol. The molecule has 148 valence electrons. The molecule has 1 aromatic heterocycles. The molecule has 0 radical (unpaired) electrons. The number of hydrogen-bond acceptors (Lipinski definition) is 6. The van der Waals surface area contributed by atoms with E-state index in [-0.39, 0.29) is 0 Å². The van der Waals surface area contributed by atoms with E-state index in [1.165, 1.54) is 0 Å². The molecule has 4 rings (SSSR count). The van der Waals surface area contributed by atoms with Crippen molar-refractivity contribution in [2.45, 2.75) is 12.1 Å². The Morgan fingerprint density at radius 1 is 1.18 bits per heavy atom. The van der Waals surface area contributed by atoms with E-state index in [9.17, 15) is 0 Å². The molecule has 2 aliphatic rings. The summed E-state index contributed by atoms with van der Waals surface area (Å²) in [6.07, 6.45) is 4.65. The van der Waals surface area contributed by atoms with Crippen molar-refractivity contribution in [2.24, 2.45) is 4.99 Å². The van der Waals surface area contributed by atoms with Crippen molar-refractivity contribution < 1.29 is 4.74 Å². The minimum Gasteiger partial charge on any atom is -0.379 e. The second-order valence-electron chi connectivity index (χ2n) is 6.92. The normalized spacial score (nSPS) is 21.9. The number of ether oxygens (including phenoxy) is 1. The van der Waals surface area contributed by atoms with Crippen LogP contribution in [0.1, 0.15) is 12.1 Å². The summed E-state index contributed by atoms with van der Waals surface area (Å²) in [6.45, 7) is 5.47. The van der Waals surface area contributed by atoms with Gasteiger partial charge in [0.1, 0.15) is 0 Å². The maximum atomic E-state index is 6.22. The molecule has 1 fully saturated rings. The molecule has 0 aliphatic carbocycles. The predicted molar refractivity (Wildman–Crippen MR) is 114 cm³/mol. The Morgan fingerprint density at radius 2 is 2.00 bits per heavy atom. The van der Waals surface area contributed by atoms with Gasteiger partial charge in [0.15, 0.2) is 5.66 Å². The van der Waals surface area contributed by atoms with Crippen molar-refractivity contribution in [2.75, 3.05) is 44.7 Å². The largest absolute Gasteiger partial charge is 0.379 e. The standard InChI is InChI=1S/C20H23Cl2N5O/c21-15-12-17-18(13-16(15)22)26-20(14-24-17,19-4-1-2-5-23-19)25-6-3-7-27-8-10-28-11-9-27/h1-2,4-5,12-14,25-26H,3,6-11H2. The topological polar surface area (TPSA) is 61.8 Å². The number of nitrogens with one attached hydrogen (secondary N) is 2. The van der Waals surface area contributed by atoms with E-state index in [4.69, 9.17) is 27.9 Å². The van der Waals surface area contributed by atoms with Crippen LogP contribution in [0.3, 0.4) is 0 Å². The summed E-state index contributed by atoms with van der Waals surface area (Å²) in [5, 5.41) is 8.12. The van der Waals surface area contributed by atoms with E-state index in [0.717, 1.165) is 62.9 Å². The van der Waals surface area contributed by atoms with Gasteiger partial charge in [-0.3, -0.25) is 20.2 Å². The smallest absolute Gasteiger partial charge is 0.169 e. The highest BCUT2D eigenvalue weighted by atomic mass is 35.5. The summed E-state index contributed by atoms with van der Waals surface area (Å²) in [5.74, 6) is 0. The van der Waals surface area contributed by atoms with Crippen LogP contribution in [-0.2, 0) is 10.4 Å². The van der Waals surface area contributed by atoms with Crippen molar-refractivity contribution in [3.8, 4) is 0 Å². The van der Waals surface area contributed by atoms with Crippen LogP contribution in [0, 0.1) is 0 Å². The van der Waals surface area contributed by atoms with Gasteiger partial charge in [-0.15, -0.1) is 0 Å². The van der Waals surface area contributed by atoms with Gasteiger partial charge in [-0.2, -0.15) is 0 Å². The van der Waals surface area contributed by atoms with Gasteiger partial charge >= 0.3 is 0 Å². The summed E-state index contributed by atoms with van der Waals surface area (Å²) in [4.78, 5) is 11.6. The Labute approximate surface area is 174 Å². The number of aliphatic imine (C=N–C) groups is 1. The number of nitrogens with zero attached hydrogens (tertiary/aromatic N) is 3. The van der Waals surface area contributed by atoms with Crippen LogP contribution in [0.2, 0.25) is 10.0 Å². The first-order chi connectivity index (χ1) is 13.7. The molecule has 2 aliphatic heterocycles. The highest BCUT2D eigenvalue weighted by Gasteiger charge is 2.34. The maximum Gasteiger partial charge on any atom is 0.169 e. The van der Waals surface area contributed by atoms with Crippen LogP contribution >= 0.6 is 23.2 Å². The molecule has 1 aromatic carbocycles. The van der Waals surface area contributed by atoms with E-state index < -0.39 is 5.66 Å². The molecule has 2 aromatic rings. The number of anilines is 1. The van der Waals surface area contributed by atoms with Gasteiger partial charge in [0.25, 0.3) is 0 Å². The Bertz CT molecular complexity index is 842. The zero-order chi connectivity index (χ0) is 19.4. The predicted octanol–water partition coefficient (Wildman–Crippen LogP) is 3.68. The monoisotopic (exact) mass is 419 g/mol. The fourth-order valence-electron chi connectivity index (χ4n) is 3.47. The molecule has 1 unspecified atom stereocenters. The first-order valence-electron chi connectivity index (χ1n) is 9.45. The van der Waals surface area contributed by atoms with Gasteiger partial charge in [-0.1, -0.05) is 29.3 Å². The van der Waals surface area contributed by atoms with Gasteiger partial charge in [0.05, 0.1) is 46.5 Å². The van der Waals surface area contributed by atoms with Crippen LogP contribution in [-0.4, -0.2) is 55.5 Å². The van der Waals surface area contributed by atoms with E-state index in [0.29, 0.717) is 10.0 Å². The lowest BCUT2D eigenvalue weighted by Crippen LogP contribution is -2.52. The van der Waals surface area contributed by atoms with E-state index in [1.54, 1.807) is 12.3 Å². The van der Waals surface area contributed by atoms with Crippen LogP contribution in [0.15, 0.2) is 41.5 Å². The van der Waals surface area contributed by atoms with Crippen molar-refractivity contribution >= 4 is 40.8 Å². The summed E-state index contributed by atoms with van der Waals surface area (Å²) in [5.41, 5.74) is 1.73. The third-order valence-corrected chi connectivity index (χ3v) is 5.72. The Hall–Kier alpha value is -1.70. The molecule has 28 heavy (non-hydrogen) atoms. The SMILES string of the molecule is Clc1cc2c(cc1Cl)NC(NCCCN1CCOCC1)(c1ccccn1)C=N2. The number of rotatable bonds is 6. The molecule has 0 bridgehead atoms. The number of morpholine rings is 1. The summed E-state index contributed by atoms with van der Waals surface area (Å²) in [7, 11) is 0. The second kappa shape index (κ2) is 8.76. The Balaban J connectivity index is 1.50. The zero-order valence-electron chi connectivity index (χ0n) is 15.5. The molecule has 6 nitrogen and oxygen atoms in total.